The Hall–Kier alpha value is -0.850. The molecule has 0 unspecified atom stereocenters. The molecule has 1 heteroatoms. The number of hydrogen-bond acceptors (Lipinski definition) is 0. The van der Waals surface area contributed by atoms with Crippen LogP contribution in [0, 0.1) is 0 Å². The number of aryl methyl sites for hydroxylation is 3. The number of rotatable bonds is 30. The lowest BCUT2D eigenvalue weighted by atomic mass is 9.97. The summed E-state index contributed by atoms with van der Waals surface area (Å²) in [5.41, 5.74) is 3.29. The van der Waals surface area contributed by atoms with Crippen molar-refractivity contribution in [3.63, 3.8) is 0 Å². The van der Waals surface area contributed by atoms with Crippen LogP contribution in [-0.2, 0) is 19.4 Å². The third-order valence-corrected chi connectivity index (χ3v) is 8.78. The molecule has 0 aliphatic rings. The molecule has 1 heterocycles. The van der Waals surface area contributed by atoms with E-state index in [1.165, 1.54) is 186 Å². The summed E-state index contributed by atoms with van der Waals surface area (Å²) in [7, 11) is 0. The molecule has 0 radical (unpaired) electrons. The highest BCUT2D eigenvalue weighted by atomic mass is 14.9. The monoisotopic (exact) mass is 543 g/mol. The van der Waals surface area contributed by atoms with Gasteiger partial charge >= 0.3 is 0 Å². The van der Waals surface area contributed by atoms with Crippen molar-refractivity contribution in [2.75, 3.05) is 0 Å². The zero-order valence-electron chi connectivity index (χ0n) is 27.4. The van der Waals surface area contributed by atoms with E-state index in [2.05, 4.69) is 43.8 Å². The number of aromatic nitrogens is 1. The molecule has 0 saturated carbocycles. The summed E-state index contributed by atoms with van der Waals surface area (Å²) in [5, 5.41) is 0. The van der Waals surface area contributed by atoms with Crippen LogP contribution in [0.3, 0.4) is 0 Å². The standard InChI is InChI=1S/C38H72N/c1-4-7-9-11-13-15-17-19-21-23-25-27-29-31-37-33-35-39(34-6-3)36-38(37)32-30-28-26-24-22-20-18-16-14-12-10-8-5-2/h33,35-36H,4-32,34H2,1-3H3/q+1. The van der Waals surface area contributed by atoms with Crippen molar-refractivity contribution in [2.24, 2.45) is 0 Å². The minimum Gasteiger partial charge on any atom is -0.205 e. The van der Waals surface area contributed by atoms with Gasteiger partial charge in [0.2, 0.25) is 0 Å². The van der Waals surface area contributed by atoms with E-state index in [1.54, 1.807) is 11.1 Å². The third-order valence-electron chi connectivity index (χ3n) is 8.78. The second kappa shape index (κ2) is 28.7. The van der Waals surface area contributed by atoms with Gasteiger partial charge in [-0.1, -0.05) is 175 Å². The normalized spacial score (nSPS) is 11.5. The summed E-state index contributed by atoms with van der Waals surface area (Å²) in [5.74, 6) is 0. The van der Waals surface area contributed by atoms with Gasteiger partial charge in [-0.05, 0) is 31.2 Å². The van der Waals surface area contributed by atoms with Gasteiger partial charge in [0.25, 0.3) is 0 Å². The first-order chi connectivity index (χ1) is 19.3. The predicted molar refractivity (Wildman–Crippen MR) is 176 cm³/mol. The summed E-state index contributed by atoms with van der Waals surface area (Å²) in [6.07, 6.45) is 46.1. The van der Waals surface area contributed by atoms with Crippen molar-refractivity contribution < 1.29 is 4.57 Å². The zero-order valence-corrected chi connectivity index (χ0v) is 27.4. The Labute approximate surface area is 247 Å². The highest BCUT2D eigenvalue weighted by Crippen LogP contribution is 2.18. The molecule has 0 aromatic carbocycles. The zero-order chi connectivity index (χ0) is 28.1. The van der Waals surface area contributed by atoms with Crippen LogP contribution in [0.4, 0.5) is 0 Å². The highest BCUT2D eigenvalue weighted by Gasteiger charge is 2.09. The molecule has 228 valence electrons. The molecule has 1 aromatic rings. The second-order valence-electron chi connectivity index (χ2n) is 12.7. The van der Waals surface area contributed by atoms with Crippen LogP contribution in [0.5, 0.6) is 0 Å². The molecule has 0 amide bonds. The van der Waals surface area contributed by atoms with Gasteiger partial charge in [0, 0.05) is 18.1 Å². The van der Waals surface area contributed by atoms with Crippen molar-refractivity contribution in [2.45, 2.75) is 214 Å². The molecular formula is C38H72N+. The Morgan fingerprint density at radius 3 is 1.08 bits per heavy atom. The maximum Gasteiger partial charge on any atom is 0.172 e. The molecule has 1 nitrogen and oxygen atoms in total. The topological polar surface area (TPSA) is 3.88 Å². The number of nitrogens with zero attached hydrogens (tertiary/aromatic N) is 1. The van der Waals surface area contributed by atoms with Crippen molar-refractivity contribution in [1.29, 1.82) is 0 Å². The summed E-state index contributed by atoms with van der Waals surface area (Å²) in [4.78, 5) is 0. The molecule has 0 atom stereocenters. The van der Waals surface area contributed by atoms with E-state index in [0.717, 1.165) is 6.54 Å². The van der Waals surface area contributed by atoms with Crippen LogP contribution in [0.15, 0.2) is 18.5 Å². The molecule has 1 rings (SSSR count). The second-order valence-corrected chi connectivity index (χ2v) is 12.7. The van der Waals surface area contributed by atoms with Gasteiger partial charge in [0.05, 0.1) is 0 Å². The van der Waals surface area contributed by atoms with Gasteiger partial charge in [0.1, 0.15) is 6.54 Å². The van der Waals surface area contributed by atoms with E-state index in [0.29, 0.717) is 0 Å². The Morgan fingerprint density at radius 1 is 0.385 bits per heavy atom. The Balaban J connectivity index is 2.12. The maximum absolute atomic E-state index is 2.49. The van der Waals surface area contributed by atoms with Crippen LogP contribution >= 0.6 is 0 Å². The lowest BCUT2D eigenvalue weighted by Gasteiger charge is -2.09. The van der Waals surface area contributed by atoms with Gasteiger partial charge in [-0.2, -0.15) is 0 Å². The van der Waals surface area contributed by atoms with Gasteiger partial charge in [-0.25, -0.2) is 4.57 Å². The van der Waals surface area contributed by atoms with E-state index >= 15 is 0 Å². The Kier molecular flexibility index (Phi) is 26.6. The predicted octanol–water partition coefficient (Wildman–Crippen LogP) is 12.7. The number of pyridine rings is 1. The smallest absolute Gasteiger partial charge is 0.172 e. The highest BCUT2D eigenvalue weighted by molar-refractivity contribution is 5.21. The summed E-state index contributed by atoms with van der Waals surface area (Å²) < 4.78 is 2.44. The Bertz CT molecular complexity index is 621. The SMILES string of the molecule is CCCCCCCCCCCCCCCc1cc[n+](CCC)cc1CCCCCCCCCCCCCCC. The molecule has 0 aliphatic carbocycles. The van der Waals surface area contributed by atoms with Crippen molar-refractivity contribution in [3.05, 3.63) is 29.6 Å². The first-order valence-corrected chi connectivity index (χ1v) is 18.3. The van der Waals surface area contributed by atoms with Crippen LogP contribution in [0.2, 0.25) is 0 Å². The molecular weight excluding hydrogens is 470 g/mol. The lowest BCUT2D eigenvalue weighted by Crippen LogP contribution is -2.33. The molecule has 0 bridgehead atoms. The average Bonchev–Trinajstić information content (AvgIpc) is 2.95. The van der Waals surface area contributed by atoms with Gasteiger partial charge in [-0.3, -0.25) is 0 Å². The minimum absolute atomic E-state index is 1.16. The molecule has 0 fully saturated rings. The Morgan fingerprint density at radius 2 is 0.718 bits per heavy atom. The fraction of sp³-hybridized carbons (Fsp3) is 0.868. The quantitative estimate of drug-likeness (QED) is 0.0672. The van der Waals surface area contributed by atoms with E-state index in [4.69, 9.17) is 0 Å². The largest absolute Gasteiger partial charge is 0.205 e. The summed E-state index contributed by atoms with van der Waals surface area (Å²) in [6, 6.07) is 2.45. The van der Waals surface area contributed by atoms with Crippen LogP contribution < -0.4 is 4.57 Å². The third kappa shape index (κ3) is 22.5. The lowest BCUT2D eigenvalue weighted by molar-refractivity contribution is -0.697. The minimum atomic E-state index is 1.16. The number of unbranched alkanes of at least 4 members (excludes halogenated alkanes) is 24. The molecule has 1 aromatic heterocycles. The van der Waals surface area contributed by atoms with Gasteiger partial charge in [-0.15, -0.1) is 0 Å². The van der Waals surface area contributed by atoms with Gasteiger partial charge < -0.3 is 0 Å². The summed E-state index contributed by atoms with van der Waals surface area (Å²) in [6.45, 7) is 8.07. The van der Waals surface area contributed by atoms with E-state index in [-0.39, 0.29) is 0 Å². The molecule has 0 saturated heterocycles. The van der Waals surface area contributed by atoms with Crippen LogP contribution in [0.1, 0.15) is 205 Å². The van der Waals surface area contributed by atoms with E-state index in [9.17, 15) is 0 Å². The average molecular weight is 543 g/mol. The fourth-order valence-corrected chi connectivity index (χ4v) is 6.15. The van der Waals surface area contributed by atoms with Crippen LogP contribution in [0.25, 0.3) is 0 Å². The number of hydrogen-bond donors (Lipinski definition) is 0. The fourth-order valence-electron chi connectivity index (χ4n) is 6.15. The molecule has 0 spiro atoms. The first-order valence-electron chi connectivity index (χ1n) is 18.3. The maximum atomic E-state index is 2.49. The van der Waals surface area contributed by atoms with Crippen molar-refractivity contribution >= 4 is 0 Å². The van der Waals surface area contributed by atoms with E-state index in [1.807, 2.05) is 0 Å². The van der Waals surface area contributed by atoms with Crippen molar-refractivity contribution in [3.8, 4) is 0 Å². The molecule has 39 heavy (non-hydrogen) atoms. The van der Waals surface area contributed by atoms with Crippen molar-refractivity contribution in [1.82, 2.24) is 0 Å². The van der Waals surface area contributed by atoms with Crippen LogP contribution in [-0.4, -0.2) is 0 Å². The molecule has 0 N–H and O–H groups in total. The van der Waals surface area contributed by atoms with Gasteiger partial charge in [0.15, 0.2) is 12.4 Å². The first kappa shape index (κ1) is 36.2. The van der Waals surface area contributed by atoms with E-state index < -0.39 is 0 Å². The summed E-state index contributed by atoms with van der Waals surface area (Å²) >= 11 is 0. The molecule has 0 aliphatic heterocycles.